The van der Waals surface area contributed by atoms with Crippen molar-refractivity contribution in [2.75, 3.05) is 7.11 Å². The van der Waals surface area contributed by atoms with Crippen molar-refractivity contribution >= 4 is 5.78 Å². The van der Waals surface area contributed by atoms with Crippen LogP contribution in [0.1, 0.15) is 51.2 Å². The van der Waals surface area contributed by atoms with E-state index in [9.17, 15) is 23.1 Å². The minimum absolute atomic E-state index is 0.146. The maximum absolute atomic E-state index is 13.3. The fraction of sp³-hybridized carbons (Fsp3) is 0.455. The van der Waals surface area contributed by atoms with E-state index in [2.05, 4.69) is 12.3 Å². The molecule has 152 valence electrons. The van der Waals surface area contributed by atoms with Crippen LogP contribution >= 0.6 is 0 Å². The molecule has 0 fully saturated rings. The summed E-state index contributed by atoms with van der Waals surface area (Å²) in [5.41, 5.74) is 0.533. The molecule has 1 aromatic carbocycles. The Kier molecular flexibility index (Phi) is 6.10. The fourth-order valence-corrected chi connectivity index (χ4v) is 4.15. The van der Waals surface area contributed by atoms with Crippen molar-refractivity contribution in [3.05, 3.63) is 64.4 Å². The van der Waals surface area contributed by atoms with Crippen LogP contribution in [0.3, 0.4) is 0 Å². The molecule has 0 saturated carbocycles. The van der Waals surface area contributed by atoms with E-state index in [0.717, 1.165) is 12.1 Å². The van der Waals surface area contributed by atoms with Gasteiger partial charge in [-0.2, -0.15) is 13.2 Å². The highest BCUT2D eigenvalue weighted by Gasteiger charge is 2.54. The average Bonchev–Trinajstić information content (AvgIpc) is 2.65. The quantitative estimate of drug-likeness (QED) is 0.707. The number of carbonyl (C=O) groups is 1. The molecule has 2 rings (SSSR count). The van der Waals surface area contributed by atoms with Gasteiger partial charge < -0.3 is 9.84 Å². The Labute approximate surface area is 163 Å². The van der Waals surface area contributed by atoms with E-state index >= 15 is 0 Å². The monoisotopic (exact) mass is 394 g/mol. The summed E-state index contributed by atoms with van der Waals surface area (Å²) < 4.78 is 44.4. The molecule has 0 radical (unpaired) electrons. The van der Waals surface area contributed by atoms with Crippen molar-refractivity contribution in [1.82, 2.24) is 0 Å². The third kappa shape index (κ3) is 3.37. The molecule has 1 aliphatic carbocycles. The summed E-state index contributed by atoms with van der Waals surface area (Å²) in [4.78, 5) is 13.3. The maximum atomic E-state index is 13.3. The zero-order valence-corrected chi connectivity index (χ0v) is 16.5. The lowest BCUT2D eigenvalue weighted by Crippen LogP contribution is -2.52. The molecule has 0 saturated heterocycles. The summed E-state index contributed by atoms with van der Waals surface area (Å²) in [5.74, 6) is -0.365. The lowest BCUT2D eigenvalue weighted by atomic mass is 9.64. The summed E-state index contributed by atoms with van der Waals surface area (Å²) in [7, 11) is 1.32. The normalized spacial score (nSPS) is 25.6. The zero-order valence-electron chi connectivity index (χ0n) is 16.5. The number of benzene rings is 1. The largest absolute Gasteiger partial charge is 0.416 e. The van der Waals surface area contributed by atoms with E-state index in [0.29, 0.717) is 29.6 Å². The van der Waals surface area contributed by atoms with Crippen LogP contribution in [0.25, 0.3) is 0 Å². The smallest absolute Gasteiger partial charge is 0.380 e. The van der Waals surface area contributed by atoms with Gasteiger partial charge in [0.15, 0.2) is 11.4 Å². The number of aliphatic hydroxyl groups is 1. The van der Waals surface area contributed by atoms with Gasteiger partial charge in [-0.15, -0.1) is 5.73 Å². The number of hydrogen-bond acceptors (Lipinski definition) is 3. The minimum atomic E-state index is -4.48. The molecule has 0 amide bonds. The van der Waals surface area contributed by atoms with Gasteiger partial charge in [0, 0.05) is 19.1 Å². The first-order valence-electron chi connectivity index (χ1n) is 9.11. The minimum Gasteiger partial charge on any atom is -0.380 e. The van der Waals surface area contributed by atoms with Gasteiger partial charge in [0.1, 0.15) is 5.60 Å². The van der Waals surface area contributed by atoms with Crippen LogP contribution in [-0.4, -0.2) is 23.6 Å². The fourth-order valence-electron chi connectivity index (χ4n) is 4.15. The van der Waals surface area contributed by atoms with Crippen LogP contribution < -0.4 is 0 Å². The van der Waals surface area contributed by atoms with Gasteiger partial charge in [-0.3, -0.25) is 4.79 Å². The van der Waals surface area contributed by atoms with Crippen molar-refractivity contribution in [2.45, 2.75) is 57.4 Å². The van der Waals surface area contributed by atoms with Gasteiger partial charge in [-0.1, -0.05) is 32.6 Å². The second kappa shape index (κ2) is 7.70. The van der Waals surface area contributed by atoms with Crippen molar-refractivity contribution < 1.29 is 27.8 Å². The second-order valence-electron chi connectivity index (χ2n) is 6.94. The van der Waals surface area contributed by atoms with Crippen LogP contribution in [-0.2, 0) is 21.3 Å². The SMILES string of the molecule is C=C=C(CC)[C@@]1(O)C[C@@](OC)(c2ccc(C(F)(F)F)cc2)C(=O)C(C)=C1CC. The molecule has 0 aromatic heterocycles. The van der Waals surface area contributed by atoms with Gasteiger partial charge >= 0.3 is 6.18 Å². The highest BCUT2D eigenvalue weighted by molar-refractivity contribution is 6.04. The highest BCUT2D eigenvalue weighted by Crippen LogP contribution is 2.49. The second-order valence-corrected chi connectivity index (χ2v) is 6.94. The van der Waals surface area contributed by atoms with E-state index in [-0.39, 0.29) is 17.8 Å². The number of ketones is 1. The molecule has 3 nitrogen and oxygen atoms in total. The summed E-state index contributed by atoms with van der Waals surface area (Å²) in [6, 6.07) is 4.30. The molecule has 1 aromatic rings. The zero-order chi connectivity index (χ0) is 21.3. The molecule has 0 aliphatic heterocycles. The number of halogens is 3. The third-order valence-electron chi connectivity index (χ3n) is 5.61. The molecule has 28 heavy (non-hydrogen) atoms. The standard InChI is InChI=1S/C22H25F3O3/c1-6-15(7-2)20(27)13-21(28-5,19(26)14(4)18(20)8-3)16-9-11-17(12-10-16)22(23,24)25/h9-12,27H,1,7-8,13H2,2-5H3/t20-,21+/m0/s1. The summed E-state index contributed by atoms with van der Waals surface area (Å²) in [6.45, 7) is 8.95. The van der Waals surface area contributed by atoms with Gasteiger partial charge in [0.05, 0.1) is 5.56 Å². The summed E-state index contributed by atoms with van der Waals surface area (Å²) in [6.07, 6.45) is -3.74. The lowest BCUT2D eigenvalue weighted by Gasteiger charge is -2.46. The van der Waals surface area contributed by atoms with Crippen LogP contribution in [0.4, 0.5) is 13.2 Å². The van der Waals surface area contributed by atoms with Crippen molar-refractivity contribution in [1.29, 1.82) is 0 Å². The van der Waals surface area contributed by atoms with Gasteiger partial charge in [-0.25, -0.2) is 0 Å². The van der Waals surface area contributed by atoms with Gasteiger partial charge in [-0.05, 0) is 48.6 Å². The van der Waals surface area contributed by atoms with Crippen LogP contribution in [0.15, 0.2) is 53.3 Å². The molecular weight excluding hydrogens is 369 g/mol. The number of carbonyl (C=O) groups excluding carboxylic acids is 1. The van der Waals surface area contributed by atoms with Crippen molar-refractivity contribution in [2.24, 2.45) is 0 Å². The summed E-state index contributed by atoms with van der Waals surface area (Å²) >= 11 is 0. The molecule has 6 heteroatoms. The number of alkyl halides is 3. The first-order valence-corrected chi connectivity index (χ1v) is 9.11. The predicted octanol–water partition coefficient (Wildman–Crippen LogP) is 5.10. The Bertz CT molecular complexity index is 845. The Balaban J connectivity index is 2.72. The Morgan fingerprint density at radius 2 is 1.86 bits per heavy atom. The first kappa shape index (κ1) is 22.2. The van der Waals surface area contributed by atoms with E-state index in [1.807, 2.05) is 13.8 Å². The molecular formula is C22H25F3O3. The maximum Gasteiger partial charge on any atom is 0.416 e. The number of ether oxygens (including phenoxy) is 1. The van der Waals surface area contributed by atoms with E-state index in [4.69, 9.17) is 4.74 Å². The Morgan fingerprint density at radius 1 is 1.29 bits per heavy atom. The Hall–Kier alpha value is -2.14. The van der Waals surface area contributed by atoms with Crippen LogP contribution in [0.5, 0.6) is 0 Å². The average molecular weight is 394 g/mol. The molecule has 0 bridgehead atoms. The number of methoxy groups -OCH3 is 1. The first-order chi connectivity index (χ1) is 13.0. The number of Topliss-reactive ketones (excluding diaryl/α,β-unsaturated/α-hetero) is 1. The van der Waals surface area contributed by atoms with E-state index in [1.54, 1.807) is 6.92 Å². The van der Waals surface area contributed by atoms with Crippen LogP contribution in [0.2, 0.25) is 0 Å². The van der Waals surface area contributed by atoms with E-state index < -0.39 is 22.9 Å². The number of hydrogen-bond donors (Lipinski definition) is 1. The van der Waals surface area contributed by atoms with E-state index in [1.165, 1.54) is 19.2 Å². The summed E-state index contributed by atoms with van der Waals surface area (Å²) in [5, 5.41) is 11.6. The molecule has 0 unspecified atom stereocenters. The topological polar surface area (TPSA) is 46.5 Å². The van der Waals surface area contributed by atoms with Gasteiger partial charge in [0.2, 0.25) is 0 Å². The van der Waals surface area contributed by atoms with Crippen molar-refractivity contribution in [3.8, 4) is 0 Å². The molecule has 0 heterocycles. The molecule has 2 atom stereocenters. The predicted molar refractivity (Wildman–Crippen MR) is 101 cm³/mol. The van der Waals surface area contributed by atoms with Crippen molar-refractivity contribution in [3.63, 3.8) is 0 Å². The highest BCUT2D eigenvalue weighted by atomic mass is 19.4. The number of rotatable bonds is 5. The molecule has 0 spiro atoms. The third-order valence-corrected chi connectivity index (χ3v) is 5.61. The lowest BCUT2D eigenvalue weighted by molar-refractivity contribution is -0.148. The molecule has 1 N–H and O–H groups in total. The molecule has 1 aliphatic rings. The van der Waals surface area contributed by atoms with Crippen LogP contribution in [0, 0.1) is 0 Å². The Morgan fingerprint density at radius 3 is 2.25 bits per heavy atom. The van der Waals surface area contributed by atoms with Gasteiger partial charge in [0.25, 0.3) is 0 Å².